The third-order valence-corrected chi connectivity index (χ3v) is 7.16. The van der Waals surface area contributed by atoms with Gasteiger partial charge < -0.3 is 14.2 Å². The molecule has 11 heteroatoms. The molecule has 3 heterocycles. The molecule has 0 atom stereocenters. The van der Waals surface area contributed by atoms with Crippen molar-refractivity contribution in [3.63, 3.8) is 0 Å². The van der Waals surface area contributed by atoms with Crippen LogP contribution in [0.1, 0.15) is 5.56 Å². The molecule has 0 aliphatic carbocycles. The van der Waals surface area contributed by atoms with Crippen LogP contribution in [0, 0.1) is 0 Å². The number of hydrogen-bond acceptors (Lipinski definition) is 7. The van der Waals surface area contributed by atoms with Crippen LogP contribution in [0.2, 0.25) is 0 Å². The molecule has 0 unspecified atom stereocenters. The first-order valence-electron chi connectivity index (χ1n) is 13.1. The van der Waals surface area contributed by atoms with Gasteiger partial charge in [-0.15, -0.1) is 17.9 Å². The molecule has 0 amide bonds. The van der Waals surface area contributed by atoms with Crippen LogP contribution in [0.15, 0.2) is 107 Å². The highest BCUT2D eigenvalue weighted by Gasteiger charge is 2.17. The molecule has 0 spiro atoms. The van der Waals surface area contributed by atoms with Crippen molar-refractivity contribution in [1.82, 2.24) is 14.5 Å². The van der Waals surface area contributed by atoms with Gasteiger partial charge in [0.25, 0.3) is 0 Å². The fourth-order valence-electron chi connectivity index (χ4n) is 4.40. The van der Waals surface area contributed by atoms with Gasteiger partial charge in [-0.05, 0) is 54.6 Å². The summed E-state index contributed by atoms with van der Waals surface area (Å²) in [5.41, 5.74) is 4.70. The molecular formula is C31H25F2N5O3S. The first kappa shape index (κ1) is 27.2. The van der Waals surface area contributed by atoms with Crippen LogP contribution in [0.5, 0.6) is 17.2 Å². The third kappa shape index (κ3) is 5.86. The monoisotopic (exact) mass is 585 g/mol. The van der Waals surface area contributed by atoms with Crippen LogP contribution in [0.25, 0.3) is 28.2 Å². The summed E-state index contributed by atoms with van der Waals surface area (Å²) in [6, 6.07) is 21.9. The zero-order valence-electron chi connectivity index (χ0n) is 22.3. The Morgan fingerprint density at radius 1 is 1.00 bits per heavy atom. The number of aromatic nitrogens is 3. The van der Waals surface area contributed by atoms with Crippen molar-refractivity contribution in [2.75, 3.05) is 19.8 Å². The standard InChI is InChI=1S/C31H25F2N5O3S/c1-2-14-34-31-38(26(20-42-31)21-8-11-25(12-9-21)41-30(32)33)35-18-23-19-37(24-6-4-3-5-7-24)36-29(23)22-10-13-27-28(17-22)40-16-15-39-27/h2-13,17-20,30H,1,14-16H2/b34-31?,35-18-. The average molecular weight is 586 g/mol. The summed E-state index contributed by atoms with van der Waals surface area (Å²) in [5.74, 6) is 1.43. The van der Waals surface area contributed by atoms with Gasteiger partial charge in [0.1, 0.15) is 24.7 Å². The summed E-state index contributed by atoms with van der Waals surface area (Å²) in [6.07, 6.45) is 5.35. The van der Waals surface area contributed by atoms with Crippen LogP contribution < -0.4 is 19.0 Å². The van der Waals surface area contributed by atoms with Crippen LogP contribution in [0.4, 0.5) is 8.78 Å². The van der Waals surface area contributed by atoms with Gasteiger partial charge in [-0.25, -0.2) is 9.36 Å². The molecule has 0 bridgehead atoms. The van der Waals surface area contributed by atoms with E-state index in [0.717, 1.165) is 28.1 Å². The molecule has 0 fully saturated rings. The third-order valence-electron chi connectivity index (χ3n) is 6.31. The van der Waals surface area contributed by atoms with Crippen LogP contribution in [-0.4, -0.2) is 47.0 Å². The van der Waals surface area contributed by atoms with E-state index in [1.54, 1.807) is 33.8 Å². The molecule has 0 radical (unpaired) electrons. The minimum atomic E-state index is -2.89. The molecule has 5 aromatic rings. The SMILES string of the molecule is C=CCN=c1scc(-c2ccc(OC(F)F)cc2)n1/N=C\c1cn(-c2ccccc2)nc1-c1ccc2c(c1)OCCO2. The molecule has 212 valence electrons. The minimum absolute atomic E-state index is 0.0768. The first-order valence-corrected chi connectivity index (χ1v) is 13.9. The zero-order chi connectivity index (χ0) is 28.9. The molecule has 0 N–H and O–H groups in total. The predicted octanol–water partition coefficient (Wildman–Crippen LogP) is 6.41. The number of halogens is 2. The van der Waals surface area contributed by atoms with Gasteiger partial charge in [-0.1, -0.05) is 24.3 Å². The number of rotatable bonds is 9. The van der Waals surface area contributed by atoms with E-state index in [0.29, 0.717) is 41.8 Å². The molecule has 6 rings (SSSR count). The van der Waals surface area contributed by atoms with Crippen LogP contribution >= 0.6 is 11.3 Å². The fraction of sp³-hybridized carbons (Fsp3) is 0.129. The summed E-state index contributed by atoms with van der Waals surface area (Å²) in [7, 11) is 0. The van der Waals surface area contributed by atoms with E-state index < -0.39 is 6.61 Å². The number of hydrogen-bond donors (Lipinski definition) is 0. The Morgan fingerprint density at radius 3 is 2.52 bits per heavy atom. The maximum Gasteiger partial charge on any atom is 0.387 e. The topological polar surface area (TPSA) is 75.2 Å². The number of ether oxygens (including phenoxy) is 3. The Hall–Kier alpha value is -5.03. The van der Waals surface area contributed by atoms with Crippen molar-refractivity contribution in [1.29, 1.82) is 0 Å². The Morgan fingerprint density at radius 2 is 1.76 bits per heavy atom. The number of thiazole rings is 1. The molecule has 3 aromatic carbocycles. The Bertz CT molecular complexity index is 1790. The van der Waals surface area contributed by atoms with Crippen molar-refractivity contribution in [3.8, 4) is 45.5 Å². The number of nitrogens with zero attached hydrogens (tertiary/aromatic N) is 5. The van der Waals surface area contributed by atoms with Crippen LogP contribution in [-0.2, 0) is 0 Å². The maximum absolute atomic E-state index is 12.7. The predicted molar refractivity (Wildman–Crippen MR) is 158 cm³/mol. The summed E-state index contributed by atoms with van der Waals surface area (Å²) >= 11 is 1.41. The smallest absolute Gasteiger partial charge is 0.387 e. The van der Waals surface area contributed by atoms with Gasteiger partial charge in [-0.2, -0.15) is 19.0 Å². The van der Waals surface area contributed by atoms with E-state index in [-0.39, 0.29) is 5.75 Å². The van der Waals surface area contributed by atoms with Gasteiger partial charge in [0.2, 0.25) is 4.80 Å². The molecular weight excluding hydrogens is 560 g/mol. The van der Waals surface area contributed by atoms with E-state index in [4.69, 9.17) is 19.7 Å². The van der Waals surface area contributed by atoms with Gasteiger partial charge in [0.05, 0.1) is 24.1 Å². The summed E-state index contributed by atoms with van der Waals surface area (Å²) in [5, 5.41) is 11.6. The molecule has 8 nitrogen and oxygen atoms in total. The Balaban J connectivity index is 1.43. The molecule has 1 aliphatic heterocycles. The number of alkyl halides is 2. The second-order valence-corrected chi connectivity index (χ2v) is 9.90. The molecule has 1 aliphatic rings. The highest BCUT2D eigenvalue weighted by Crippen LogP contribution is 2.35. The second kappa shape index (κ2) is 12.2. The Labute approximate surface area is 244 Å². The average Bonchev–Trinajstić information content (AvgIpc) is 3.63. The van der Waals surface area contributed by atoms with Gasteiger partial charge in [0.15, 0.2) is 11.5 Å². The van der Waals surface area contributed by atoms with E-state index in [1.807, 2.05) is 60.1 Å². The van der Waals surface area contributed by atoms with E-state index in [2.05, 4.69) is 16.3 Å². The van der Waals surface area contributed by atoms with Gasteiger partial charge >= 0.3 is 6.61 Å². The van der Waals surface area contributed by atoms with Crippen LogP contribution in [0.3, 0.4) is 0 Å². The molecule has 2 aromatic heterocycles. The summed E-state index contributed by atoms with van der Waals surface area (Å²) < 4.78 is 44.8. The van der Waals surface area contributed by atoms with Crippen molar-refractivity contribution in [3.05, 3.63) is 107 Å². The van der Waals surface area contributed by atoms with Crippen molar-refractivity contribution in [2.24, 2.45) is 10.1 Å². The molecule has 42 heavy (non-hydrogen) atoms. The molecule has 0 saturated heterocycles. The Kier molecular flexibility index (Phi) is 7.91. The van der Waals surface area contributed by atoms with Gasteiger partial charge in [0, 0.05) is 28.3 Å². The lowest BCUT2D eigenvalue weighted by Gasteiger charge is -2.18. The number of benzene rings is 3. The highest BCUT2D eigenvalue weighted by atomic mass is 32.1. The van der Waals surface area contributed by atoms with E-state index in [9.17, 15) is 8.78 Å². The van der Waals surface area contributed by atoms with Gasteiger partial charge in [-0.3, -0.25) is 4.99 Å². The maximum atomic E-state index is 12.7. The normalized spacial score (nSPS) is 13.2. The lowest BCUT2D eigenvalue weighted by molar-refractivity contribution is -0.0498. The highest BCUT2D eigenvalue weighted by molar-refractivity contribution is 7.07. The quantitative estimate of drug-likeness (QED) is 0.148. The largest absolute Gasteiger partial charge is 0.486 e. The van der Waals surface area contributed by atoms with Crippen molar-refractivity contribution < 1.29 is 23.0 Å². The first-order chi connectivity index (χ1) is 20.6. The van der Waals surface area contributed by atoms with E-state index >= 15 is 0 Å². The van der Waals surface area contributed by atoms with E-state index in [1.165, 1.54) is 23.5 Å². The number of para-hydroxylation sites is 1. The fourth-order valence-corrected chi connectivity index (χ4v) is 5.24. The summed E-state index contributed by atoms with van der Waals surface area (Å²) in [4.78, 5) is 5.24. The molecule has 0 saturated carbocycles. The lowest BCUT2D eigenvalue weighted by Crippen LogP contribution is -2.15. The van der Waals surface area contributed by atoms with Crippen molar-refractivity contribution >= 4 is 17.6 Å². The second-order valence-electron chi connectivity index (χ2n) is 9.06. The number of fused-ring (bicyclic) bond motifs is 1. The van der Waals surface area contributed by atoms with Crippen molar-refractivity contribution in [2.45, 2.75) is 6.61 Å². The zero-order valence-corrected chi connectivity index (χ0v) is 23.1. The summed E-state index contributed by atoms with van der Waals surface area (Å²) in [6.45, 7) is 2.27. The lowest BCUT2D eigenvalue weighted by atomic mass is 10.1. The minimum Gasteiger partial charge on any atom is -0.486 e.